The molecule has 0 aliphatic heterocycles. The van der Waals surface area contributed by atoms with Crippen molar-refractivity contribution < 1.29 is 9.53 Å². The molecule has 2 unspecified atom stereocenters. The number of rotatable bonds is 5. The Bertz CT molecular complexity index is 534. The van der Waals surface area contributed by atoms with E-state index in [1.54, 1.807) is 0 Å². The molecule has 2 atom stereocenters. The van der Waals surface area contributed by atoms with Crippen molar-refractivity contribution in [1.29, 1.82) is 0 Å². The fourth-order valence-corrected chi connectivity index (χ4v) is 2.35. The van der Waals surface area contributed by atoms with Gasteiger partial charge in [-0.15, -0.1) is 0 Å². The van der Waals surface area contributed by atoms with Crippen molar-refractivity contribution in [2.24, 2.45) is 0 Å². The fraction of sp³-hybridized carbons (Fsp3) is 0.278. The van der Waals surface area contributed by atoms with E-state index in [1.807, 2.05) is 36.4 Å². The smallest absolute Gasteiger partial charge is 0.302 e. The van der Waals surface area contributed by atoms with Crippen LogP contribution in [0.4, 0.5) is 0 Å². The zero-order chi connectivity index (χ0) is 14.4. The molecule has 0 amide bonds. The summed E-state index contributed by atoms with van der Waals surface area (Å²) in [5, 5.41) is 0. The van der Waals surface area contributed by atoms with Crippen LogP contribution in [-0.4, -0.2) is 12.1 Å². The minimum atomic E-state index is -0.228. The van der Waals surface area contributed by atoms with Gasteiger partial charge in [0.05, 0.1) is 0 Å². The number of esters is 1. The van der Waals surface area contributed by atoms with Gasteiger partial charge in [0, 0.05) is 19.3 Å². The van der Waals surface area contributed by atoms with Crippen LogP contribution in [0.5, 0.6) is 0 Å². The zero-order valence-electron chi connectivity index (χ0n) is 12.0. The third-order valence-electron chi connectivity index (χ3n) is 3.48. The highest BCUT2D eigenvalue weighted by atomic mass is 16.5. The summed E-state index contributed by atoms with van der Waals surface area (Å²) in [6, 6.07) is 20.3. The minimum Gasteiger partial charge on any atom is -0.462 e. The molecule has 0 aromatic heterocycles. The fourth-order valence-electron chi connectivity index (χ4n) is 2.35. The lowest BCUT2D eigenvalue weighted by molar-refractivity contribution is -0.147. The quantitative estimate of drug-likeness (QED) is 0.767. The van der Waals surface area contributed by atoms with Gasteiger partial charge in [-0.05, 0) is 11.1 Å². The van der Waals surface area contributed by atoms with Gasteiger partial charge >= 0.3 is 5.97 Å². The first-order valence-electron chi connectivity index (χ1n) is 6.93. The molecular weight excluding hydrogens is 248 g/mol. The number of carbonyl (C=O) groups excluding carboxylic acids is 1. The van der Waals surface area contributed by atoms with Crippen LogP contribution < -0.4 is 0 Å². The van der Waals surface area contributed by atoms with E-state index in [2.05, 4.69) is 31.2 Å². The van der Waals surface area contributed by atoms with Crippen molar-refractivity contribution in [3.8, 4) is 0 Å². The topological polar surface area (TPSA) is 26.3 Å². The van der Waals surface area contributed by atoms with Crippen LogP contribution >= 0.6 is 0 Å². The first-order valence-corrected chi connectivity index (χ1v) is 6.93. The normalized spacial score (nSPS) is 13.5. The Balaban J connectivity index is 2.17. The second-order valence-corrected chi connectivity index (χ2v) is 5.04. The molecule has 104 valence electrons. The molecule has 0 saturated carbocycles. The van der Waals surface area contributed by atoms with Gasteiger partial charge in [0.1, 0.15) is 6.10 Å². The highest BCUT2D eigenvalue weighted by Gasteiger charge is 2.22. The largest absolute Gasteiger partial charge is 0.462 e. The summed E-state index contributed by atoms with van der Waals surface area (Å²) in [6.07, 6.45) is 0.591. The van der Waals surface area contributed by atoms with Gasteiger partial charge in [-0.1, -0.05) is 67.6 Å². The molecule has 2 aromatic carbocycles. The Morgan fingerprint density at radius 1 is 1.00 bits per heavy atom. The number of carbonyl (C=O) groups is 1. The summed E-state index contributed by atoms with van der Waals surface area (Å²) in [6.45, 7) is 3.57. The van der Waals surface area contributed by atoms with Crippen LogP contribution in [0.3, 0.4) is 0 Å². The van der Waals surface area contributed by atoms with E-state index < -0.39 is 0 Å². The van der Waals surface area contributed by atoms with E-state index in [9.17, 15) is 4.79 Å². The predicted octanol–water partition coefficient (Wildman–Crippen LogP) is 3.96. The summed E-state index contributed by atoms with van der Waals surface area (Å²) in [5.74, 6) is -0.0611. The zero-order valence-corrected chi connectivity index (χ0v) is 12.0. The lowest BCUT2D eigenvalue weighted by Crippen LogP contribution is -2.25. The van der Waals surface area contributed by atoms with Crippen molar-refractivity contribution in [1.82, 2.24) is 0 Å². The van der Waals surface area contributed by atoms with E-state index >= 15 is 0 Å². The van der Waals surface area contributed by atoms with Crippen molar-refractivity contribution in [3.05, 3.63) is 71.8 Å². The molecular formula is C18H20O2. The van der Waals surface area contributed by atoms with E-state index in [0.717, 1.165) is 6.42 Å². The molecule has 0 fully saturated rings. The first kappa shape index (κ1) is 14.3. The Morgan fingerprint density at radius 3 is 2.10 bits per heavy atom. The van der Waals surface area contributed by atoms with Crippen molar-refractivity contribution in [2.45, 2.75) is 32.3 Å². The first-order chi connectivity index (χ1) is 9.66. The Labute approximate surface area is 120 Å². The molecule has 20 heavy (non-hydrogen) atoms. The molecule has 2 aromatic rings. The van der Waals surface area contributed by atoms with Gasteiger partial charge in [-0.3, -0.25) is 4.79 Å². The van der Waals surface area contributed by atoms with E-state index in [4.69, 9.17) is 4.74 Å². The molecule has 0 N–H and O–H groups in total. The Morgan fingerprint density at radius 2 is 1.55 bits per heavy atom. The van der Waals surface area contributed by atoms with E-state index in [-0.39, 0.29) is 18.0 Å². The average molecular weight is 268 g/mol. The van der Waals surface area contributed by atoms with Crippen LogP contribution in [0.1, 0.15) is 30.9 Å². The maximum absolute atomic E-state index is 11.4. The molecule has 0 bridgehead atoms. The lowest BCUT2D eigenvalue weighted by Gasteiger charge is -2.24. The number of hydrogen-bond acceptors (Lipinski definition) is 2. The third kappa shape index (κ3) is 3.95. The van der Waals surface area contributed by atoms with Crippen LogP contribution in [-0.2, 0) is 16.0 Å². The Kier molecular flexibility index (Phi) is 4.94. The standard InChI is InChI=1S/C18H20O2/c1-14(17-11-7-4-8-12-17)18(20-15(2)19)13-16-9-5-3-6-10-16/h3-12,14,18H,13H2,1-2H3. The van der Waals surface area contributed by atoms with Crippen molar-refractivity contribution in [3.63, 3.8) is 0 Å². The van der Waals surface area contributed by atoms with Gasteiger partial charge in [0.25, 0.3) is 0 Å². The Hall–Kier alpha value is -2.09. The maximum Gasteiger partial charge on any atom is 0.302 e. The second-order valence-electron chi connectivity index (χ2n) is 5.04. The molecule has 2 heteroatoms. The summed E-state index contributed by atoms with van der Waals surface area (Å²) in [5.41, 5.74) is 2.37. The SMILES string of the molecule is CC(=O)OC(Cc1ccccc1)C(C)c1ccccc1. The van der Waals surface area contributed by atoms with Crippen LogP contribution in [0.25, 0.3) is 0 Å². The minimum absolute atomic E-state index is 0.141. The summed E-state index contributed by atoms with van der Waals surface area (Å²) >= 11 is 0. The molecule has 0 heterocycles. The maximum atomic E-state index is 11.4. The highest BCUT2D eigenvalue weighted by molar-refractivity contribution is 5.66. The second kappa shape index (κ2) is 6.90. The molecule has 0 aliphatic carbocycles. The monoisotopic (exact) mass is 268 g/mol. The van der Waals surface area contributed by atoms with Gasteiger partial charge in [0.2, 0.25) is 0 Å². The molecule has 2 nitrogen and oxygen atoms in total. The predicted molar refractivity (Wildman–Crippen MR) is 80.6 cm³/mol. The van der Waals surface area contributed by atoms with Crippen molar-refractivity contribution >= 4 is 5.97 Å². The summed E-state index contributed by atoms with van der Waals surface area (Å²) in [4.78, 5) is 11.4. The van der Waals surface area contributed by atoms with Gasteiger partial charge in [-0.25, -0.2) is 0 Å². The lowest BCUT2D eigenvalue weighted by atomic mass is 9.91. The summed E-state index contributed by atoms with van der Waals surface area (Å²) in [7, 11) is 0. The average Bonchev–Trinajstić information content (AvgIpc) is 2.47. The molecule has 2 rings (SSSR count). The van der Waals surface area contributed by atoms with Crippen LogP contribution in [0.2, 0.25) is 0 Å². The number of benzene rings is 2. The number of ether oxygens (including phenoxy) is 1. The molecule has 0 aliphatic rings. The highest BCUT2D eigenvalue weighted by Crippen LogP contribution is 2.24. The van der Waals surface area contributed by atoms with E-state index in [0.29, 0.717) is 0 Å². The number of hydrogen-bond donors (Lipinski definition) is 0. The summed E-state index contributed by atoms with van der Waals surface area (Å²) < 4.78 is 5.53. The third-order valence-corrected chi connectivity index (χ3v) is 3.48. The van der Waals surface area contributed by atoms with Gasteiger partial charge in [0.15, 0.2) is 0 Å². The molecule has 0 radical (unpaired) electrons. The van der Waals surface area contributed by atoms with Crippen LogP contribution in [0.15, 0.2) is 60.7 Å². The molecule has 0 saturated heterocycles. The van der Waals surface area contributed by atoms with Gasteiger partial charge < -0.3 is 4.74 Å². The van der Waals surface area contributed by atoms with Crippen molar-refractivity contribution in [2.75, 3.05) is 0 Å². The van der Waals surface area contributed by atoms with E-state index in [1.165, 1.54) is 18.1 Å². The molecule has 0 spiro atoms. The van der Waals surface area contributed by atoms with Crippen LogP contribution in [0, 0.1) is 0 Å². The van der Waals surface area contributed by atoms with Gasteiger partial charge in [-0.2, -0.15) is 0 Å².